The van der Waals surface area contributed by atoms with Gasteiger partial charge in [0.2, 0.25) is 5.82 Å². The highest BCUT2D eigenvalue weighted by atomic mass is 16.1. The largest absolute Gasteiger partial charge is 0.322 e. The first-order valence-electron chi connectivity index (χ1n) is 11.2. The zero-order valence-electron chi connectivity index (χ0n) is 18.5. The molecule has 1 aliphatic heterocycles. The van der Waals surface area contributed by atoms with Crippen molar-refractivity contribution in [3.8, 4) is 0 Å². The summed E-state index contributed by atoms with van der Waals surface area (Å²) >= 11 is 0. The molecule has 1 atom stereocenters. The first kappa shape index (κ1) is 20.7. The molecule has 4 rings (SSSR count). The van der Waals surface area contributed by atoms with Crippen LogP contribution in [0.3, 0.4) is 0 Å². The van der Waals surface area contributed by atoms with E-state index in [0.29, 0.717) is 0 Å². The maximum atomic E-state index is 13.3. The molecule has 3 aromatic rings. The van der Waals surface area contributed by atoms with Crippen LogP contribution in [0.5, 0.6) is 0 Å². The van der Waals surface area contributed by atoms with Gasteiger partial charge in [-0.2, -0.15) is 0 Å². The van der Waals surface area contributed by atoms with E-state index in [9.17, 15) is 4.79 Å². The topological polar surface area (TPSA) is 80.9 Å². The van der Waals surface area contributed by atoms with Crippen LogP contribution in [0.15, 0.2) is 29.1 Å². The summed E-state index contributed by atoms with van der Waals surface area (Å²) in [5.74, 6) is 0.788. The second-order valence-electron chi connectivity index (χ2n) is 9.26. The van der Waals surface area contributed by atoms with Gasteiger partial charge >= 0.3 is 0 Å². The Balaban J connectivity index is 1.91. The van der Waals surface area contributed by atoms with Crippen LogP contribution in [0.25, 0.3) is 10.9 Å². The lowest BCUT2D eigenvalue weighted by Gasteiger charge is -2.30. The number of fused-ring (bicyclic) bond motifs is 1. The number of pyridine rings is 1. The molecule has 0 spiro atoms. The SMILES string of the molecule is CCC(C)(C)n1nnnc1[C@H](c1cc2cc(C)ccc2[nH]c1=O)[NH+]1CCCCCC1. The maximum absolute atomic E-state index is 13.3. The predicted octanol–water partition coefficient (Wildman–Crippen LogP) is 2.52. The van der Waals surface area contributed by atoms with Gasteiger partial charge in [-0.05, 0) is 86.9 Å². The molecule has 1 aliphatic rings. The molecule has 0 saturated carbocycles. The Morgan fingerprint density at radius 1 is 1.17 bits per heavy atom. The van der Waals surface area contributed by atoms with Crippen LogP contribution in [0.1, 0.15) is 75.9 Å². The zero-order chi connectivity index (χ0) is 21.3. The summed E-state index contributed by atoms with van der Waals surface area (Å²) < 4.78 is 1.94. The van der Waals surface area contributed by atoms with E-state index < -0.39 is 0 Å². The number of quaternary nitrogens is 1. The van der Waals surface area contributed by atoms with E-state index in [-0.39, 0.29) is 17.1 Å². The molecule has 0 bridgehead atoms. The smallest absolute Gasteiger partial charge is 0.258 e. The van der Waals surface area contributed by atoms with Gasteiger partial charge in [-0.1, -0.05) is 18.6 Å². The van der Waals surface area contributed by atoms with Crippen LogP contribution in [0.4, 0.5) is 0 Å². The van der Waals surface area contributed by atoms with Crippen molar-refractivity contribution in [3.63, 3.8) is 0 Å². The summed E-state index contributed by atoms with van der Waals surface area (Å²) in [6, 6.07) is 8.01. The molecule has 3 heterocycles. The van der Waals surface area contributed by atoms with Crippen molar-refractivity contribution in [3.05, 3.63) is 51.6 Å². The Morgan fingerprint density at radius 2 is 1.90 bits per heavy atom. The van der Waals surface area contributed by atoms with E-state index in [1.54, 1.807) is 0 Å². The average molecular weight is 410 g/mol. The number of aromatic nitrogens is 5. The van der Waals surface area contributed by atoms with E-state index in [1.807, 2.05) is 16.8 Å². The molecule has 1 fully saturated rings. The molecule has 1 saturated heterocycles. The minimum Gasteiger partial charge on any atom is -0.322 e. The maximum Gasteiger partial charge on any atom is 0.258 e. The Hall–Kier alpha value is -2.54. The molecular weight excluding hydrogens is 376 g/mol. The summed E-state index contributed by atoms with van der Waals surface area (Å²) in [6.07, 6.45) is 5.72. The highest BCUT2D eigenvalue weighted by Gasteiger charge is 2.37. The second-order valence-corrected chi connectivity index (χ2v) is 9.26. The summed E-state index contributed by atoms with van der Waals surface area (Å²) in [4.78, 5) is 17.8. The van der Waals surface area contributed by atoms with Gasteiger partial charge in [0.15, 0.2) is 6.04 Å². The van der Waals surface area contributed by atoms with Crippen molar-refractivity contribution in [2.75, 3.05) is 13.1 Å². The lowest BCUT2D eigenvalue weighted by molar-refractivity contribution is -0.925. The molecule has 7 nitrogen and oxygen atoms in total. The van der Waals surface area contributed by atoms with Gasteiger partial charge in [0.25, 0.3) is 5.56 Å². The molecule has 2 aromatic heterocycles. The average Bonchev–Trinajstić information content (AvgIpc) is 3.06. The molecule has 2 N–H and O–H groups in total. The minimum atomic E-state index is -0.220. The van der Waals surface area contributed by atoms with Crippen molar-refractivity contribution in [1.29, 1.82) is 0 Å². The third kappa shape index (κ3) is 3.90. The fourth-order valence-corrected chi connectivity index (χ4v) is 4.53. The van der Waals surface area contributed by atoms with Gasteiger partial charge in [-0.25, -0.2) is 4.68 Å². The molecular formula is C23H33N6O+. The van der Waals surface area contributed by atoms with E-state index in [1.165, 1.54) is 23.3 Å². The fourth-order valence-electron chi connectivity index (χ4n) is 4.53. The molecule has 30 heavy (non-hydrogen) atoms. The lowest BCUT2D eigenvalue weighted by Crippen LogP contribution is -3.12. The van der Waals surface area contributed by atoms with Crippen LogP contribution >= 0.6 is 0 Å². The van der Waals surface area contributed by atoms with Gasteiger partial charge in [0.1, 0.15) is 0 Å². The Bertz CT molecular complexity index is 1070. The molecule has 0 unspecified atom stereocenters. The number of rotatable bonds is 5. The Kier molecular flexibility index (Phi) is 5.73. The number of H-pyrrole nitrogens is 1. The number of nitrogens with zero attached hydrogens (tertiary/aromatic N) is 4. The third-order valence-electron chi connectivity index (χ3n) is 6.68. The van der Waals surface area contributed by atoms with E-state index >= 15 is 0 Å². The molecule has 0 aliphatic carbocycles. The number of hydrogen-bond donors (Lipinski definition) is 2. The highest BCUT2D eigenvalue weighted by Crippen LogP contribution is 2.25. The van der Waals surface area contributed by atoms with Gasteiger partial charge in [-0.15, -0.1) is 5.10 Å². The normalized spacial score (nSPS) is 17.2. The quantitative estimate of drug-likeness (QED) is 0.679. The molecule has 7 heteroatoms. The predicted molar refractivity (Wildman–Crippen MR) is 118 cm³/mol. The fraction of sp³-hybridized carbons (Fsp3) is 0.565. The van der Waals surface area contributed by atoms with E-state index in [0.717, 1.165) is 54.6 Å². The summed E-state index contributed by atoms with van der Waals surface area (Å²) in [6.45, 7) is 10.6. The van der Waals surface area contributed by atoms with Crippen LogP contribution < -0.4 is 10.5 Å². The number of aromatic amines is 1. The third-order valence-corrected chi connectivity index (χ3v) is 6.68. The van der Waals surface area contributed by atoms with Crippen LogP contribution in [-0.4, -0.2) is 38.3 Å². The van der Waals surface area contributed by atoms with Crippen LogP contribution in [0, 0.1) is 6.92 Å². The number of hydrogen-bond acceptors (Lipinski definition) is 4. The Labute approximate surface area is 177 Å². The monoisotopic (exact) mass is 409 g/mol. The summed E-state index contributed by atoms with van der Waals surface area (Å²) in [5.41, 5.74) is 2.54. The van der Waals surface area contributed by atoms with Crippen LogP contribution in [-0.2, 0) is 5.54 Å². The van der Waals surface area contributed by atoms with Crippen molar-refractivity contribution in [2.24, 2.45) is 0 Å². The summed E-state index contributed by atoms with van der Waals surface area (Å²) in [7, 11) is 0. The number of aryl methyl sites for hydroxylation is 1. The van der Waals surface area contributed by atoms with E-state index in [2.05, 4.69) is 60.3 Å². The second kappa shape index (κ2) is 8.30. The van der Waals surface area contributed by atoms with Crippen molar-refractivity contribution >= 4 is 10.9 Å². The van der Waals surface area contributed by atoms with Crippen molar-refractivity contribution in [1.82, 2.24) is 25.2 Å². The number of nitrogens with one attached hydrogen (secondary N) is 2. The number of benzene rings is 1. The van der Waals surface area contributed by atoms with Gasteiger partial charge in [0, 0.05) is 5.52 Å². The molecule has 0 amide bonds. The number of likely N-dealkylation sites (tertiary alicyclic amines) is 1. The zero-order valence-corrected chi connectivity index (χ0v) is 18.5. The Morgan fingerprint density at radius 3 is 2.60 bits per heavy atom. The van der Waals surface area contributed by atoms with Crippen molar-refractivity contribution in [2.45, 2.75) is 71.4 Å². The molecule has 160 valence electrons. The number of tetrazole rings is 1. The van der Waals surface area contributed by atoms with Gasteiger partial charge < -0.3 is 9.88 Å². The standard InChI is InChI=1S/C23H32N6O/c1-5-23(3,4)29-21(25-26-27-29)20(28-12-8-6-7-9-13-28)18-15-17-14-16(2)10-11-19(17)24-22(18)30/h10-11,14-15,20H,5-9,12-13H2,1-4H3,(H,24,30)/p+1/t20-/m0/s1. The molecule has 1 aromatic carbocycles. The summed E-state index contributed by atoms with van der Waals surface area (Å²) in [5, 5.41) is 13.9. The highest BCUT2D eigenvalue weighted by molar-refractivity contribution is 5.79. The first-order chi connectivity index (χ1) is 14.4. The first-order valence-corrected chi connectivity index (χ1v) is 11.2. The van der Waals surface area contributed by atoms with Gasteiger partial charge in [0.05, 0.1) is 24.2 Å². The minimum absolute atomic E-state index is 0.0445. The van der Waals surface area contributed by atoms with Crippen molar-refractivity contribution < 1.29 is 4.90 Å². The lowest BCUT2D eigenvalue weighted by atomic mass is 9.99. The van der Waals surface area contributed by atoms with Crippen LogP contribution in [0.2, 0.25) is 0 Å². The van der Waals surface area contributed by atoms with Gasteiger partial charge in [-0.3, -0.25) is 4.79 Å². The molecule has 0 radical (unpaired) electrons. The van der Waals surface area contributed by atoms with E-state index in [4.69, 9.17) is 0 Å².